The highest BCUT2D eigenvalue weighted by Crippen LogP contribution is 2.15. The molecule has 0 fully saturated rings. The van der Waals surface area contributed by atoms with E-state index in [4.69, 9.17) is 10.6 Å². The molecule has 0 saturated carbocycles. The van der Waals surface area contributed by atoms with Crippen LogP contribution in [0, 0.1) is 0 Å². The number of hydrogen-bond donors (Lipinski definition) is 2. The number of nitrogens with one attached hydrogen (secondary N) is 1. The minimum Gasteiger partial charge on any atom is -0.465 e. The van der Waals surface area contributed by atoms with Crippen LogP contribution in [-0.2, 0) is 9.53 Å². The Labute approximate surface area is 118 Å². The first kappa shape index (κ1) is 14.1. The summed E-state index contributed by atoms with van der Waals surface area (Å²) in [4.78, 5) is 27.3. The van der Waals surface area contributed by atoms with Gasteiger partial charge in [0, 0.05) is 0 Å². The average Bonchev–Trinajstić information content (AvgIpc) is 2.99. The van der Waals surface area contributed by atoms with Crippen molar-refractivity contribution >= 4 is 23.7 Å². The van der Waals surface area contributed by atoms with Gasteiger partial charge in [0.05, 0.1) is 12.4 Å². The Hall–Kier alpha value is -2.27. The largest absolute Gasteiger partial charge is 0.465 e. The maximum atomic E-state index is 11.3. The van der Waals surface area contributed by atoms with Crippen molar-refractivity contribution in [2.45, 2.75) is 12.1 Å². The van der Waals surface area contributed by atoms with Gasteiger partial charge in [0.25, 0.3) is 5.95 Å². The summed E-state index contributed by atoms with van der Waals surface area (Å²) in [5.41, 5.74) is 2.33. The molecule has 0 aliphatic rings. The van der Waals surface area contributed by atoms with Gasteiger partial charge in [-0.2, -0.15) is 24.7 Å². The van der Waals surface area contributed by atoms with Crippen molar-refractivity contribution in [1.29, 1.82) is 0 Å². The van der Waals surface area contributed by atoms with Crippen LogP contribution in [0.2, 0.25) is 0 Å². The molecule has 0 aliphatic heterocycles. The fraction of sp³-hybridized carbons (Fsp3) is 0.333. The number of carbonyl (C=O) groups is 1. The summed E-state index contributed by atoms with van der Waals surface area (Å²) in [6.07, 6.45) is 2.79. The first-order valence-electron chi connectivity index (χ1n) is 5.59. The Morgan fingerprint density at radius 2 is 2.35 bits per heavy atom. The number of nitrogens with two attached hydrogens (primary N) is 1. The Balaban J connectivity index is 2.16. The van der Waals surface area contributed by atoms with Crippen LogP contribution in [0.3, 0.4) is 0 Å². The van der Waals surface area contributed by atoms with E-state index in [0.29, 0.717) is 11.8 Å². The lowest BCUT2D eigenvalue weighted by Gasteiger charge is -2.05. The van der Waals surface area contributed by atoms with Crippen molar-refractivity contribution in [2.24, 2.45) is 5.84 Å². The van der Waals surface area contributed by atoms with Crippen LogP contribution in [-0.4, -0.2) is 48.0 Å². The second kappa shape index (κ2) is 6.77. The number of rotatable bonds is 6. The van der Waals surface area contributed by atoms with Crippen molar-refractivity contribution in [3.63, 3.8) is 0 Å². The molecule has 0 bridgehead atoms. The summed E-state index contributed by atoms with van der Waals surface area (Å²) in [7, 11) is 0. The van der Waals surface area contributed by atoms with Crippen LogP contribution < -0.4 is 11.3 Å². The lowest BCUT2D eigenvalue weighted by molar-refractivity contribution is -0.139. The standard InChI is InChI=1S/C9H12N8O2S/c1-2-19-6(18)3-20-9-14-7(16-10)13-8(15-9)17-5-11-4-12-17/h4-5H,2-3,10H2,1H3,(H,13,14,15,16). The molecule has 0 spiro atoms. The number of nitrogens with zero attached hydrogens (tertiary/aromatic N) is 6. The maximum absolute atomic E-state index is 11.3. The molecular formula is C9H12N8O2S. The summed E-state index contributed by atoms with van der Waals surface area (Å²) in [6.45, 7) is 2.07. The van der Waals surface area contributed by atoms with E-state index in [1.807, 2.05) is 0 Å². The smallest absolute Gasteiger partial charge is 0.316 e. The number of hydrazine groups is 1. The van der Waals surface area contributed by atoms with Gasteiger partial charge in [0.15, 0.2) is 5.16 Å². The topological polar surface area (TPSA) is 134 Å². The molecule has 0 unspecified atom stereocenters. The first-order valence-corrected chi connectivity index (χ1v) is 6.57. The van der Waals surface area contributed by atoms with E-state index in [0.717, 1.165) is 11.8 Å². The lowest BCUT2D eigenvalue weighted by Crippen LogP contribution is -2.15. The molecule has 20 heavy (non-hydrogen) atoms. The molecule has 0 radical (unpaired) electrons. The predicted octanol–water partition coefficient (Wildman–Crippen LogP) is -0.607. The van der Waals surface area contributed by atoms with Crippen molar-refractivity contribution in [3.05, 3.63) is 12.7 Å². The second-order valence-corrected chi connectivity index (χ2v) is 4.26. The number of thioether (sulfide) groups is 1. The molecule has 106 valence electrons. The third-order valence-corrected chi connectivity index (χ3v) is 2.80. The molecule has 0 aliphatic carbocycles. The third kappa shape index (κ3) is 3.61. The van der Waals surface area contributed by atoms with Gasteiger partial charge in [0.1, 0.15) is 12.7 Å². The van der Waals surface area contributed by atoms with Crippen molar-refractivity contribution < 1.29 is 9.53 Å². The minimum absolute atomic E-state index is 0.0959. The molecular weight excluding hydrogens is 284 g/mol. The summed E-state index contributed by atoms with van der Waals surface area (Å²) >= 11 is 1.12. The third-order valence-electron chi connectivity index (χ3n) is 1.98. The summed E-state index contributed by atoms with van der Waals surface area (Å²) in [6, 6.07) is 0. The Bertz CT molecular complexity index is 575. The quantitative estimate of drug-likeness (QED) is 0.308. The van der Waals surface area contributed by atoms with E-state index in [2.05, 4.69) is 30.5 Å². The first-order chi connectivity index (χ1) is 9.72. The van der Waals surface area contributed by atoms with E-state index in [9.17, 15) is 4.79 Å². The second-order valence-electron chi connectivity index (χ2n) is 3.32. The number of anilines is 1. The average molecular weight is 296 g/mol. The molecule has 11 heteroatoms. The molecule has 2 aromatic rings. The Morgan fingerprint density at radius 3 is 3.00 bits per heavy atom. The van der Waals surface area contributed by atoms with Crippen LogP contribution in [0.1, 0.15) is 6.92 Å². The molecule has 2 rings (SSSR count). The van der Waals surface area contributed by atoms with Gasteiger partial charge in [-0.15, -0.1) is 0 Å². The zero-order chi connectivity index (χ0) is 14.4. The van der Waals surface area contributed by atoms with Crippen molar-refractivity contribution in [1.82, 2.24) is 29.7 Å². The highest BCUT2D eigenvalue weighted by molar-refractivity contribution is 7.99. The van der Waals surface area contributed by atoms with Gasteiger partial charge in [-0.3, -0.25) is 10.2 Å². The Kier molecular flexibility index (Phi) is 4.79. The van der Waals surface area contributed by atoms with Gasteiger partial charge in [-0.05, 0) is 6.92 Å². The highest BCUT2D eigenvalue weighted by Gasteiger charge is 2.11. The summed E-state index contributed by atoms with van der Waals surface area (Å²) < 4.78 is 6.18. The van der Waals surface area contributed by atoms with E-state index in [-0.39, 0.29) is 23.6 Å². The summed E-state index contributed by atoms with van der Waals surface area (Å²) in [5, 5.41) is 4.24. The SMILES string of the molecule is CCOC(=O)CSc1nc(NN)nc(-n2cncn2)n1. The van der Waals surface area contributed by atoms with Gasteiger partial charge in [-0.1, -0.05) is 11.8 Å². The molecule has 0 saturated heterocycles. The van der Waals surface area contributed by atoms with Crippen LogP contribution in [0.5, 0.6) is 0 Å². The van der Waals surface area contributed by atoms with Crippen LogP contribution >= 0.6 is 11.8 Å². The monoisotopic (exact) mass is 296 g/mol. The number of aromatic nitrogens is 6. The van der Waals surface area contributed by atoms with E-state index in [1.54, 1.807) is 6.92 Å². The number of ether oxygens (including phenoxy) is 1. The van der Waals surface area contributed by atoms with Crippen molar-refractivity contribution in [2.75, 3.05) is 17.8 Å². The van der Waals surface area contributed by atoms with Gasteiger partial charge in [-0.25, -0.2) is 10.8 Å². The van der Waals surface area contributed by atoms with Crippen LogP contribution in [0.15, 0.2) is 17.8 Å². The van der Waals surface area contributed by atoms with Gasteiger partial charge >= 0.3 is 5.97 Å². The van der Waals surface area contributed by atoms with Gasteiger partial charge in [0.2, 0.25) is 5.95 Å². The number of esters is 1. The van der Waals surface area contributed by atoms with E-state index in [1.165, 1.54) is 17.3 Å². The minimum atomic E-state index is -0.345. The highest BCUT2D eigenvalue weighted by atomic mass is 32.2. The zero-order valence-electron chi connectivity index (χ0n) is 10.6. The molecule has 3 N–H and O–H groups in total. The van der Waals surface area contributed by atoms with Gasteiger partial charge < -0.3 is 4.74 Å². The number of nitrogen functional groups attached to an aromatic ring is 1. The summed E-state index contributed by atoms with van der Waals surface area (Å²) in [5.74, 6) is 5.46. The predicted molar refractivity (Wildman–Crippen MR) is 69.9 cm³/mol. The van der Waals surface area contributed by atoms with Crippen LogP contribution in [0.25, 0.3) is 5.95 Å². The molecule has 2 heterocycles. The Morgan fingerprint density at radius 1 is 1.50 bits per heavy atom. The number of hydrogen-bond acceptors (Lipinski definition) is 10. The normalized spacial score (nSPS) is 10.3. The lowest BCUT2D eigenvalue weighted by atomic mass is 10.8. The molecule has 10 nitrogen and oxygen atoms in total. The zero-order valence-corrected chi connectivity index (χ0v) is 11.4. The fourth-order valence-corrected chi connectivity index (χ4v) is 1.84. The molecule has 0 amide bonds. The van der Waals surface area contributed by atoms with Crippen molar-refractivity contribution in [3.8, 4) is 5.95 Å². The van der Waals surface area contributed by atoms with E-state index >= 15 is 0 Å². The fourth-order valence-electron chi connectivity index (χ4n) is 1.22. The molecule has 0 aromatic carbocycles. The van der Waals surface area contributed by atoms with E-state index < -0.39 is 0 Å². The molecule has 2 aromatic heterocycles. The number of carbonyl (C=O) groups excluding carboxylic acids is 1. The maximum Gasteiger partial charge on any atom is 0.316 e. The van der Waals surface area contributed by atoms with Crippen LogP contribution in [0.4, 0.5) is 5.95 Å². The molecule has 0 atom stereocenters.